The highest BCUT2D eigenvalue weighted by atomic mass is 16.5. The van der Waals surface area contributed by atoms with Gasteiger partial charge in [-0.25, -0.2) is 0 Å². The number of hydrogen-bond donors (Lipinski definition) is 0. The highest BCUT2D eigenvalue weighted by Crippen LogP contribution is 2.25. The molecule has 0 saturated carbocycles. The molecule has 1 rings (SSSR count). The summed E-state index contributed by atoms with van der Waals surface area (Å²) in [6.45, 7) is 9.51. The molecule has 1 heteroatoms. The van der Waals surface area contributed by atoms with E-state index in [9.17, 15) is 0 Å². The Morgan fingerprint density at radius 2 is 1.64 bits per heavy atom. The zero-order chi connectivity index (χ0) is 10.6. The van der Waals surface area contributed by atoms with Crippen molar-refractivity contribution in [3.05, 3.63) is 29.8 Å². The molecular formula is C13H20O. The Morgan fingerprint density at radius 1 is 1.07 bits per heavy atom. The molecule has 0 radical (unpaired) electrons. The van der Waals surface area contributed by atoms with Crippen molar-refractivity contribution in [2.75, 3.05) is 6.61 Å². The van der Waals surface area contributed by atoms with Gasteiger partial charge in [0.15, 0.2) is 0 Å². The van der Waals surface area contributed by atoms with E-state index in [1.807, 2.05) is 6.92 Å². The second kappa shape index (κ2) is 5.04. The van der Waals surface area contributed by atoms with Crippen LogP contribution in [0, 0.1) is 5.92 Å². The standard InChI is InChI=1S/C13H20O/c1-5-14-13-8-6-12(7-9-13)11(4)10(2)3/h6-11H,5H2,1-4H3/t11-/m1/s1. The predicted molar refractivity (Wildman–Crippen MR) is 60.9 cm³/mol. The van der Waals surface area contributed by atoms with Crippen molar-refractivity contribution in [1.29, 1.82) is 0 Å². The molecular weight excluding hydrogens is 172 g/mol. The van der Waals surface area contributed by atoms with Gasteiger partial charge in [0.2, 0.25) is 0 Å². The Hall–Kier alpha value is -0.980. The van der Waals surface area contributed by atoms with Crippen LogP contribution in [0.4, 0.5) is 0 Å². The minimum Gasteiger partial charge on any atom is -0.494 e. The molecule has 14 heavy (non-hydrogen) atoms. The van der Waals surface area contributed by atoms with Crippen LogP contribution in [0.1, 0.15) is 39.2 Å². The van der Waals surface area contributed by atoms with Gasteiger partial charge in [-0.05, 0) is 36.5 Å². The molecule has 0 aromatic heterocycles. The number of benzene rings is 1. The summed E-state index contributed by atoms with van der Waals surface area (Å²) in [6, 6.07) is 8.43. The zero-order valence-corrected chi connectivity index (χ0v) is 9.58. The molecule has 1 nitrogen and oxygen atoms in total. The molecule has 0 N–H and O–H groups in total. The van der Waals surface area contributed by atoms with Crippen molar-refractivity contribution in [3.63, 3.8) is 0 Å². The van der Waals surface area contributed by atoms with E-state index in [0.29, 0.717) is 11.8 Å². The van der Waals surface area contributed by atoms with E-state index >= 15 is 0 Å². The molecule has 78 valence electrons. The van der Waals surface area contributed by atoms with E-state index in [1.165, 1.54) is 5.56 Å². The van der Waals surface area contributed by atoms with Gasteiger partial charge in [0.05, 0.1) is 6.61 Å². The molecule has 0 aliphatic heterocycles. The normalized spacial score (nSPS) is 12.9. The molecule has 0 amide bonds. The van der Waals surface area contributed by atoms with Crippen LogP contribution in [0.15, 0.2) is 24.3 Å². The third-order valence-electron chi connectivity index (χ3n) is 2.72. The first kappa shape index (κ1) is 11.1. The summed E-state index contributed by atoms with van der Waals surface area (Å²) in [5, 5.41) is 0. The van der Waals surface area contributed by atoms with Gasteiger partial charge < -0.3 is 4.74 Å². The third kappa shape index (κ3) is 2.76. The topological polar surface area (TPSA) is 9.23 Å². The predicted octanol–water partition coefficient (Wildman–Crippen LogP) is 3.84. The Bertz CT molecular complexity index is 261. The van der Waals surface area contributed by atoms with Crippen molar-refractivity contribution in [2.45, 2.75) is 33.6 Å². The van der Waals surface area contributed by atoms with Gasteiger partial charge in [-0.1, -0.05) is 32.9 Å². The summed E-state index contributed by atoms with van der Waals surface area (Å²) in [7, 11) is 0. The summed E-state index contributed by atoms with van der Waals surface area (Å²) in [6.07, 6.45) is 0. The van der Waals surface area contributed by atoms with Gasteiger partial charge in [0, 0.05) is 0 Å². The second-order valence-electron chi connectivity index (χ2n) is 4.03. The lowest BCUT2D eigenvalue weighted by atomic mass is 9.90. The van der Waals surface area contributed by atoms with Crippen molar-refractivity contribution in [1.82, 2.24) is 0 Å². The molecule has 0 aliphatic rings. The Balaban J connectivity index is 2.72. The maximum absolute atomic E-state index is 5.40. The number of ether oxygens (including phenoxy) is 1. The van der Waals surface area contributed by atoms with Crippen molar-refractivity contribution >= 4 is 0 Å². The van der Waals surface area contributed by atoms with Crippen LogP contribution in [0.5, 0.6) is 5.75 Å². The molecule has 0 fully saturated rings. The van der Waals surface area contributed by atoms with Crippen molar-refractivity contribution in [2.24, 2.45) is 5.92 Å². The summed E-state index contributed by atoms with van der Waals surface area (Å²) < 4.78 is 5.40. The fraction of sp³-hybridized carbons (Fsp3) is 0.538. The first-order valence-electron chi connectivity index (χ1n) is 5.38. The lowest BCUT2D eigenvalue weighted by Gasteiger charge is -2.16. The lowest BCUT2D eigenvalue weighted by molar-refractivity contribution is 0.340. The minimum absolute atomic E-state index is 0.616. The molecule has 1 aromatic carbocycles. The van der Waals surface area contributed by atoms with Crippen molar-refractivity contribution < 1.29 is 4.74 Å². The molecule has 0 bridgehead atoms. The fourth-order valence-corrected chi connectivity index (χ4v) is 1.42. The number of hydrogen-bond acceptors (Lipinski definition) is 1. The third-order valence-corrected chi connectivity index (χ3v) is 2.72. The zero-order valence-electron chi connectivity index (χ0n) is 9.58. The highest BCUT2D eigenvalue weighted by molar-refractivity contribution is 5.29. The molecule has 0 heterocycles. The average Bonchev–Trinajstić information content (AvgIpc) is 2.18. The molecule has 0 unspecified atom stereocenters. The van der Waals surface area contributed by atoms with Crippen LogP contribution < -0.4 is 4.74 Å². The van der Waals surface area contributed by atoms with Gasteiger partial charge in [0.1, 0.15) is 5.75 Å². The molecule has 0 saturated heterocycles. The van der Waals surface area contributed by atoms with E-state index in [1.54, 1.807) is 0 Å². The first-order chi connectivity index (χ1) is 6.65. The van der Waals surface area contributed by atoms with Crippen LogP contribution in [0.2, 0.25) is 0 Å². The Morgan fingerprint density at radius 3 is 2.07 bits per heavy atom. The molecule has 1 aromatic rings. The maximum Gasteiger partial charge on any atom is 0.119 e. The van der Waals surface area contributed by atoms with Crippen LogP contribution in [0.3, 0.4) is 0 Å². The van der Waals surface area contributed by atoms with E-state index in [-0.39, 0.29) is 0 Å². The van der Waals surface area contributed by atoms with Crippen molar-refractivity contribution in [3.8, 4) is 5.75 Å². The first-order valence-corrected chi connectivity index (χ1v) is 5.38. The number of rotatable bonds is 4. The molecule has 0 spiro atoms. The molecule has 1 atom stereocenters. The summed E-state index contributed by atoms with van der Waals surface area (Å²) in [5.74, 6) is 2.27. The SMILES string of the molecule is CCOc1ccc([C@H](C)C(C)C)cc1. The summed E-state index contributed by atoms with van der Waals surface area (Å²) >= 11 is 0. The summed E-state index contributed by atoms with van der Waals surface area (Å²) in [4.78, 5) is 0. The highest BCUT2D eigenvalue weighted by Gasteiger charge is 2.09. The van der Waals surface area contributed by atoms with E-state index < -0.39 is 0 Å². The van der Waals surface area contributed by atoms with Crippen LogP contribution in [-0.2, 0) is 0 Å². The quantitative estimate of drug-likeness (QED) is 0.704. The second-order valence-corrected chi connectivity index (χ2v) is 4.03. The van der Waals surface area contributed by atoms with E-state index in [0.717, 1.165) is 12.4 Å². The van der Waals surface area contributed by atoms with Crippen LogP contribution in [0.25, 0.3) is 0 Å². The van der Waals surface area contributed by atoms with Gasteiger partial charge >= 0.3 is 0 Å². The van der Waals surface area contributed by atoms with E-state index in [4.69, 9.17) is 4.74 Å². The Kier molecular flexibility index (Phi) is 3.99. The van der Waals surface area contributed by atoms with Gasteiger partial charge in [-0.15, -0.1) is 0 Å². The summed E-state index contributed by atoms with van der Waals surface area (Å²) in [5.41, 5.74) is 1.39. The fourth-order valence-electron chi connectivity index (χ4n) is 1.42. The van der Waals surface area contributed by atoms with Gasteiger partial charge in [-0.3, -0.25) is 0 Å². The largest absolute Gasteiger partial charge is 0.494 e. The maximum atomic E-state index is 5.40. The Labute approximate surface area is 87.1 Å². The molecule has 0 aliphatic carbocycles. The lowest BCUT2D eigenvalue weighted by Crippen LogP contribution is -2.01. The monoisotopic (exact) mass is 192 g/mol. The average molecular weight is 192 g/mol. The van der Waals surface area contributed by atoms with Gasteiger partial charge in [-0.2, -0.15) is 0 Å². The van der Waals surface area contributed by atoms with E-state index in [2.05, 4.69) is 45.0 Å². The van der Waals surface area contributed by atoms with Gasteiger partial charge in [0.25, 0.3) is 0 Å². The smallest absolute Gasteiger partial charge is 0.119 e. The van der Waals surface area contributed by atoms with Crippen LogP contribution in [-0.4, -0.2) is 6.61 Å². The minimum atomic E-state index is 0.616. The van der Waals surface area contributed by atoms with Crippen LogP contribution >= 0.6 is 0 Å².